The van der Waals surface area contributed by atoms with Gasteiger partial charge in [0.2, 0.25) is 0 Å². The molecule has 0 aliphatic heterocycles. The van der Waals surface area contributed by atoms with Gasteiger partial charge in [0.15, 0.2) is 0 Å². The Morgan fingerprint density at radius 1 is 1.35 bits per heavy atom. The molecule has 0 rings (SSSR count). The zero-order chi connectivity index (χ0) is 13.3. The fourth-order valence-electron chi connectivity index (χ4n) is 1.29. The molecule has 17 heavy (non-hydrogen) atoms. The highest BCUT2D eigenvalue weighted by Crippen LogP contribution is 2.11. The molecule has 0 aliphatic carbocycles. The van der Waals surface area contributed by atoms with Crippen molar-refractivity contribution in [3.05, 3.63) is 0 Å². The normalized spacial score (nSPS) is 12.8. The number of amides is 1. The van der Waals surface area contributed by atoms with Crippen LogP contribution in [0.5, 0.6) is 0 Å². The molecule has 6 heteroatoms. The Hall–Kier alpha value is -1.59. The number of carbonyl (C=O) groups excluding carboxylic acids is 2. The molecule has 0 aromatic carbocycles. The summed E-state index contributed by atoms with van der Waals surface area (Å²) in [5.41, 5.74) is 2.70. The SMILES string of the molecule is CCCC(C(=O)OCC)/C(C)=N/NC(=O)OC. The van der Waals surface area contributed by atoms with E-state index in [1.54, 1.807) is 13.8 Å². The molecule has 98 valence electrons. The van der Waals surface area contributed by atoms with E-state index in [0.29, 0.717) is 18.7 Å². The van der Waals surface area contributed by atoms with Crippen molar-refractivity contribution in [3.63, 3.8) is 0 Å². The molecule has 0 aliphatic rings. The third kappa shape index (κ3) is 5.89. The molecule has 0 saturated heterocycles. The number of esters is 1. The minimum Gasteiger partial charge on any atom is -0.465 e. The van der Waals surface area contributed by atoms with E-state index in [1.165, 1.54) is 7.11 Å². The Balaban J connectivity index is 4.57. The average molecular weight is 244 g/mol. The molecule has 0 fully saturated rings. The van der Waals surface area contributed by atoms with Crippen molar-refractivity contribution in [2.75, 3.05) is 13.7 Å². The van der Waals surface area contributed by atoms with Gasteiger partial charge in [-0.1, -0.05) is 13.3 Å². The predicted molar refractivity (Wildman–Crippen MR) is 63.7 cm³/mol. The maximum atomic E-state index is 11.6. The van der Waals surface area contributed by atoms with Crippen LogP contribution in [0.3, 0.4) is 0 Å². The number of nitrogens with one attached hydrogen (secondary N) is 1. The first-order valence-corrected chi connectivity index (χ1v) is 5.61. The molecule has 1 N–H and O–H groups in total. The molecule has 0 saturated carbocycles. The summed E-state index contributed by atoms with van der Waals surface area (Å²) < 4.78 is 9.32. The second-order valence-corrected chi connectivity index (χ2v) is 3.45. The number of carbonyl (C=O) groups is 2. The smallest absolute Gasteiger partial charge is 0.427 e. The lowest BCUT2D eigenvalue weighted by molar-refractivity contribution is -0.145. The van der Waals surface area contributed by atoms with Crippen LogP contribution in [-0.2, 0) is 14.3 Å². The molecule has 6 nitrogen and oxygen atoms in total. The van der Waals surface area contributed by atoms with Crippen molar-refractivity contribution in [2.45, 2.75) is 33.6 Å². The van der Waals surface area contributed by atoms with Crippen molar-refractivity contribution in [1.29, 1.82) is 0 Å². The van der Waals surface area contributed by atoms with Crippen LogP contribution >= 0.6 is 0 Å². The van der Waals surface area contributed by atoms with E-state index < -0.39 is 12.0 Å². The molecule has 1 atom stereocenters. The van der Waals surface area contributed by atoms with Gasteiger partial charge in [0.1, 0.15) is 0 Å². The summed E-state index contributed by atoms with van der Waals surface area (Å²) in [4.78, 5) is 22.5. The van der Waals surface area contributed by atoms with Gasteiger partial charge in [0.05, 0.1) is 19.6 Å². The molecule has 1 unspecified atom stereocenters. The molecule has 0 bridgehead atoms. The van der Waals surface area contributed by atoms with Crippen molar-refractivity contribution in [3.8, 4) is 0 Å². The van der Waals surface area contributed by atoms with Crippen molar-refractivity contribution < 1.29 is 19.1 Å². The summed E-state index contributed by atoms with van der Waals surface area (Å²) in [6.45, 7) is 5.72. The zero-order valence-electron chi connectivity index (χ0n) is 10.8. The van der Waals surface area contributed by atoms with Gasteiger partial charge >= 0.3 is 12.1 Å². The van der Waals surface area contributed by atoms with E-state index >= 15 is 0 Å². The number of ether oxygens (including phenoxy) is 2. The Morgan fingerprint density at radius 3 is 2.47 bits per heavy atom. The largest absolute Gasteiger partial charge is 0.465 e. The number of hydrazone groups is 1. The second-order valence-electron chi connectivity index (χ2n) is 3.45. The number of rotatable bonds is 6. The first-order chi connectivity index (χ1) is 8.06. The highest BCUT2D eigenvalue weighted by Gasteiger charge is 2.22. The first-order valence-electron chi connectivity index (χ1n) is 5.61. The first kappa shape index (κ1) is 15.4. The Morgan fingerprint density at radius 2 is 2.00 bits per heavy atom. The number of methoxy groups -OCH3 is 1. The van der Waals surface area contributed by atoms with Crippen molar-refractivity contribution in [1.82, 2.24) is 5.43 Å². The van der Waals surface area contributed by atoms with Crippen LogP contribution in [-0.4, -0.2) is 31.5 Å². The van der Waals surface area contributed by atoms with E-state index in [1.807, 2.05) is 6.92 Å². The molecular formula is C11H20N2O4. The number of hydrogen-bond acceptors (Lipinski definition) is 5. The maximum absolute atomic E-state index is 11.6. The Kier molecular flexibility index (Phi) is 7.75. The van der Waals surface area contributed by atoms with Gasteiger partial charge in [0.25, 0.3) is 0 Å². The minimum absolute atomic E-state index is 0.317. The van der Waals surface area contributed by atoms with E-state index in [4.69, 9.17) is 4.74 Å². The fraction of sp³-hybridized carbons (Fsp3) is 0.727. The summed E-state index contributed by atoms with van der Waals surface area (Å²) >= 11 is 0. The highest BCUT2D eigenvalue weighted by atomic mass is 16.5. The summed E-state index contributed by atoms with van der Waals surface area (Å²) in [5.74, 6) is -0.737. The predicted octanol–water partition coefficient (Wildman–Crippen LogP) is 1.70. The Bertz CT molecular complexity index is 289. The molecule has 1 amide bonds. The molecule has 0 radical (unpaired) electrons. The van der Waals surface area contributed by atoms with Gasteiger partial charge in [0, 0.05) is 5.71 Å². The van der Waals surface area contributed by atoms with Gasteiger partial charge < -0.3 is 9.47 Å². The van der Waals surface area contributed by atoms with E-state index in [2.05, 4.69) is 15.3 Å². The second kappa shape index (κ2) is 8.55. The van der Waals surface area contributed by atoms with Gasteiger partial charge in [-0.2, -0.15) is 5.10 Å². The zero-order valence-corrected chi connectivity index (χ0v) is 10.8. The summed E-state index contributed by atoms with van der Waals surface area (Å²) in [5, 5.41) is 3.81. The third-order valence-corrected chi connectivity index (χ3v) is 2.16. The lowest BCUT2D eigenvalue weighted by atomic mass is 9.99. The van der Waals surface area contributed by atoms with Crippen LogP contribution in [0.25, 0.3) is 0 Å². The monoisotopic (exact) mass is 244 g/mol. The summed E-state index contributed by atoms with van der Waals surface area (Å²) in [6.07, 6.45) is 0.800. The van der Waals surface area contributed by atoms with Crippen LogP contribution in [0.4, 0.5) is 4.79 Å². The number of hydrogen-bond donors (Lipinski definition) is 1. The van der Waals surface area contributed by atoms with Crippen LogP contribution in [0, 0.1) is 5.92 Å². The molecule has 0 aromatic heterocycles. The third-order valence-electron chi connectivity index (χ3n) is 2.16. The average Bonchev–Trinajstić information content (AvgIpc) is 2.32. The van der Waals surface area contributed by atoms with E-state index in [0.717, 1.165) is 6.42 Å². The topological polar surface area (TPSA) is 77.0 Å². The standard InChI is InChI=1S/C11H20N2O4/c1-5-7-9(10(14)17-6-2)8(3)12-13-11(15)16-4/h9H,5-7H2,1-4H3,(H,13,15)/b12-8+. The number of nitrogens with zero attached hydrogens (tertiary/aromatic N) is 1. The highest BCUT2D eigenvalue weighted by molar-refractivity contribution is 6.01. The van der Waals surface area contributed by atoms with Crippen molar-refractivity contribution in [2.24, 2.45) is 11.0 Å². The molecular weight excluding hydrogens is 224 g/mol. The Labute approximate surface area is 101 Å². The van der Waals surface area contributed by atoms with Gasteiger partial charge in [-0.25, -0.2) is 10.2 Å². The van der Waals surface area contributed by atoms with Gasteiger partial charge in [-0.15, -0.1) is 0 Å². The van der Waals surface area contributed by atoms with Crippen molar-refractivity contribution >= 4 is 17.8 Å². The quantitative estimate of drug-likeness (QED) is 0.438. The minimum atomic E-state index is -0.663. The lowest BCUT2D eigenvalue weighted by Gasteiger charge is -2.14. The van der Waals surface area contributed by atoms with Crippen LogP contribution in [0.2, 0.25) is 0 Å². The van der Waals surface area contributed by atoms with E-state index in [-0.39, 0.29) is 5.97 Å². The summed E-state index contributed by atoms with van der Waals surface area (Å²) in [7, 11) is 1.25. The maximum Gasteiger partial charge on any atom is 0.427 e. The molecule has 0 aromatic rings. The van der Waals surface area contributed by atoms with E-state index in [9.17, 15) is 9.59 Å². The van der Waals surface area contributed by atoms with Gasteiger partial charge in [-0.3, -0.25) is 4.79 Å². The van der Waals surface area contributed by atoms with Crippen LogP contribution in [0.15, 0.2) is 5.10 Å². The van der Waals surface area contributed by atoms with Gasteiger partial charge in [-0.05, 0) is 20.3 Å². The lowest BCUT2D eigenvalue weighted by Crippen LogP contribution is -2.27. The van der Waals surface area contributed by atoms with Crippen LogP contribution < -0.4 is 5.43 Å². The molecule has 0 heterocycles. The molecule has 0 spiro atoms. The summed E-state index contributed by atoms with van der Waals surface area (Å²) in [6, 6.07) is 0. The van der Waals surface area contributed by atoms with Crippen LogP contribution in [0.1, 0.15) is 33.6 Å². The fourth-order valence-corrected chi connectivity index (χ4v) is 1.29.